The molecule has 2 rings (SSSR count). The summed E-state index contributed by atoms with van der Waals surface area (Å²) < 4.78 is 0. The molecule has 1 aromatic carbocycles. The van der Waals surface area contributed by atoms with Crippen LogP contribution in [0.15, 0.2) is 48.8 Å². The van der Waals surface area contributed by atoms with E-state index < -0.39 is 0 Å². The van der Waals surface area contributed by atoms with Crippen molar-refractivity contribution in [3.8, 4) is 0 Å². The van der Waals surface area contributed by atoms with Gasteiger partial charge in [-0.2, -0.15) is 0 Å². The summed E-state index contributed by atoms with van der Waals surface area (Å²) in [5.41, 5.74) is 3.98. The van der Waals surface area contributed by atoms with E-state index in [1.54, 1.807) is 0 Å². The van der Waals surface area contributed by atoms with E-state index in [4.69, 9.17) is 0 Å². The first kappa shape index (κ1) is 8.95. The maximum Gasteiger partial charge on any atom is 0.0270 e. The Morgan fingerprint density at radius 1 is 1.00 bits per heavy atom. The highest BCUT2D eigenvalue weighted by Crippen LogP contribution is 2.09. The Bertz CT molecular complexity index is 407. The summed E-state index contributed by atoms with van der Waals surface area (Å²) in [6.45, 7) is 2.12. The van der Waals surface area contributed by atoms with Crippen LogP contribution in [0.4, 0.5) is 0 Å². The molecule has 70 valence electrons. The third kappa shape index (κ3) is 2.19. The summed E-state index contributed by atoms with van der Waals surface area (Å²) in [7, 11) is 0. The van der Waals surface area contributed by atoms with E-state index >= 15 is 0 Å². The number of benzene rings is 1. The maximum atomic E-state index is 4.00. The Labute approximate surface area is 84.4 Å². The van der Waals surface area contributed by atoms with Crippen molar-refractivity contribution in [2.75, 3.05) is 0 Å². The SMILES string of the molecule is Cc1cccc(Cc2ccncc2)c1. The molecular formula is C13H13N. The average molecular weight is 183 g/mol. The standard InChI is InChI=1S/C13H13N/c1-11-3-2-4-13(9-11)10-12-5-7-14-8-6-12/h2-9H,10H2,1H3. The Balaban J connectivity index is 2.19. The van der Waals surface area contributed by atoms with Crippen LogP contribution in [-0.4, -0.2) is 4.98 Å². The van der Waals surface area contributed by atoms with Gasteiger partial charge < -0.3 is 0 Å². The molecule has 0 unspecified atom stereocenters. The quantitative estimate of drug-likeness (QED) is 0.697. The molecule has 0 amide bonds. The van der Waals surface area contributed by atoms with Gasteiger partial charge in [0.25, 0.3) is 0 Å². The van der Waals surface area contributed by atoms with Crippen LogP contribution in [0.5, 0.6) is 0 Å². The van der Waals surface area contributed by atoms with Crippen LogP contribution in [0, 0.1) is 6.92 Å². The van der Waals surface area contributed by atoms with Crippen molar-refractivity contribution in [2.45, 2.75) is 13.3 Å². The van der Waals surface area contributed by atoms with Gasteiger partial charge in [-0.15, -0.1) is 0 Å². The van der Waals surface area contributed by atoms with Gasteiger partial charge in [-0.1, -0.05) is 29.8 Å². The van der Waals surface area contributed by atoms with Crippen LogP contribution in [0.2, 0.25) is 0 Å². The summed E-state index contributed by atoms with van der Waals surface area (Å²) in [6.07, 6.45) is 4.67. The van der Waals surface area contributed by atoms with E-state index in [0.717, 1.165) is 6.42 Å². The molecule has 1 heteroatoms. The number of rotatable bonds is 2. The lowest BCUT2D eigenvalue weighted by atomic mass is 10.0. The van der Waals surface area contributed by atoms with Crippen molar-refractivity contribution in [3.05, 3.63) is 65.5 Å². The molecule has 0 N–H and O–H groups in total. The molecule has 0 fully saturated rings. The Kier molecular flexibility index (Phi) is 2.59. The molecule has 0 saturated heterocycles. The van der Waals surface area contributed by atoms with Crippen LogP contribution >= 0.6 is 0 Å². The van der Waals surface area contributed by atoms with Gasteiger partial charge in [0.15, 0.2) is 0 Å². The topological polar surface area (TPSA) is 12.9 Å². The number of aryl methyl sites for hydroxylation is 1. The number of nitrogens with zero attached hydrogens (tertiary/aromatic N) is 1. The summed E-state index contributed by atoms with van der Waals surface area (Å²) in [6, 6.07) is 12.7. The fourth-order valence-electron chi connectivity index (χ4n) is 1.56. The summed E-state index contributed by atoms with van der Waals surface area (Å²) >= 11 is 0. The predicted molar refractivity (Wildman–Crippen MR) is 58.2 cm³/mol. The minimum atomic E-state index is 0.990. The third-order valence-electron chi connectivity index (χ3n) is 2.24. The highest BCUT2D eigenvalue weighted by molar-refractivity contribution is 5.27. The second kappa shape index (κ2) is 4.05. The van der Waals surface area contributed by atoms with E-state index in [2.05, 4.69) is 48.3 Å². The zero-order valence-corrected chi connectivity index (χ0v) is 8.27. The van der Waals surface area contributed by atoms with Crippen molar-refractivity contribution < 1.29 is 0 Å². The van der Waals surface area contributed by atoms with E-state index in [0.29, 0.717) is 0 Å². The van der Waals surface area contributed by atoms with Gasteiger partial charge in [-0.25, -0.2) is 0 Å². The molecular weight excluding hydrogens is 170 g/mol. The molecule has 0 aliphatic carbocycles. The molecule has 1 aromatic heterocycles. The van der Waals surface area contributed by atoms with Crippen molar-refractivity contribution in [1.29, 1.82) is 0 Å². The van der Waals surface area contributed by atoms with Crippen LogP contribution in [0.25, 0.3) is 0 Å². The zero-order chi connectivity index (χ0) is 9.80. The Hall–Kier alpha value is -1.63. The zero-order valence-electron chi connectivity index (χ0n) is 8.27. The highest BCUT2D eigenvalue weighted by Gasteiger charge is 1.95. The summed E-state index contributed by atoms with van der Waals surface area (Å²) in [5, 5.41) is 0. The van der Waals surface area contributed by atoms with Crippen molar-refractivity contribution in [3.63, 3.8) is 0 Å². The van der Waals surface area contributed by atoms with Gasteiger partial charge >= 0.3 is 0 Å². The first-order valence-electron chi connectivity index (χ1n) is 4.79. The molecule has 0 aliphatic rings. The Morgan fingerprint density at radius 3 is 2.50 bits per heavy atom. The van der Waals surface area contributed by atoms with Gasteiger partial charge in [0.1, 0.15) is 0 Å². The minimum absolute atomic E-state index is 0.990. The fourth-order valence-corrected chi connectivity index (χ4v) is 1.56. The van der Waals surface area contributed by atoms with Crippen LogP contribution < -0.4 is 0 Å². The predicted octanol–water partition coefficient (Wildman–Crippen LogP) is 2.98. The smallest absolute Gasteiger partial charge is 0.0270 e. The van der Waals surface area contributed by atoms with E-state index in [-0.39, 0.29) is 0 Å². The molecule has 0 bridgehead atoms. The molecule has 0 radical (unpaired) electrons. The van der Waals surface area contributed by atoms with E-state index in [1.807, 2.05) is 12.4 Å². The fraction of sp³-hybridized carbons (Fsp3) is 0.154. The second-order valence-corrected chi connectivity index (χ2v) is 3.52. The van der Waals surface area contributed by atoms with E-state index in [9.17, 15) is 0 Å². The van der Waals surface area contributed by atoms with Gasteiger partial charge in [-0.05, 0) is 36.6 Å². The van der Waals surface area contributed by atoms with Crippen molar-refractivity contribution >= 4 is 0 Å². The third-order valence-corrected chi connectivity index (χ3v) is 2.24. The van der Waals surface area contributed by atoms with Gasteiger partial charge in [0, 0.05) is 12.4 Å². The van der Waals surface area contributed by atoms with Crippen LogP contribution in [-0.2, 0) is 6.42 Å². The molecule has 14 heavy (non-hydrogen) atoms. The van der Waals surface area contributed by atoms with Gasteiger partial charge in [-0.3, -0.25) is 4.98 Å². The largest absolute Gasteiger partial charge is 0.265 e. The van der Waals surface area contributed by atoms with E-state index in [1.165, 1.54) is 16.7 Å². The first-order chi connectivity index (χ1) is 6.84. The summed E-state index contributed by atoms with van der Waals surface area (Å²) in [4.78, 5) is 4.00. The lowest BCUT2D eigenvalue weighted by Gasteiger charge is -2.02. The molecule has 0 aliphatic heterocycles. The molecule has 0 spiro atoms. The first-order valence-corrected chi connectivity index (χ1v) is 4.79. The van der Waals surface area contributed by atoms with Crippen molar-refractivity contribution in [1.82, 2.24) is 4.98 Å². The second-order valence-electron chi connectivity index (χ2n) is 3.52. The minimum Gasteiger partial charge on any atom is -0.265 e. The number of pyridine rings is 1. The normalized spacial score (nSPS) is 10.1. The van der Waals surface area contributed by atoms with Gasteiger partial charge in [0.2, 0.25) is 0 Å². The highest BCUT2D eigenvalue weighted by atomic mass is 14.6. The average Bonchev–Trinajstić information content (AvgIpc) is 2.19. The molecule has 1 nitrogen and oxygen atoms in total. The molecule has 0 atom stereocenters. The van der Waals surface area contributed by atoms with Crippen molar-refractivity contribution in [2.24, 2.45) is 0 Å². The monoisotopic (exact) mass is 183 g/mol. The van der Waals surface area contributed by atoms with Crippen LogP contribution in [0.3, 0.4) is 0 Å². The summed E-state index contributed by atoms with van der Waals surface area (Å²) in [5.74, 6) is 0. The molecule has 0 saturated carbocycles. The molecule has 2 aromatic rings. The molecule has 1 heterocycles. The maximum absolute atomic E-state index is 4.00. The number of aromatic nitrogens is 1. The number of hydrogen-bond donors (Lipinski definition) is 0. The lowest BCUT2D eigenvalue weighted by Crippen LogP contribution is -1.88. The van der Waals surface area contributed by atoms with Gasteiger partial charge in [0.05, 0.1) is 0 Å². The number of hydrogen-bond acceptors (Lipinski definition) is 1. The Morgan fingerprint density at radius 2 is 1.79 bits per heavy atom. The lowest BCUT2D eigenvalue weighted by molar-refractivity contribution is 1.15. The van der Waals surface area contributed by atoms with Crippen LogP contribution in [0.1, 0.15) is 16.7 Å².